The summed E-state index contributed by atoms with van der Waals surface area (Å²) in [5.41, 5.74) is 0.702. The van der Waals surface area contributed by atoms with E-state index in [1.165, 1.54) is 4.57 Å². The maximum Gasteiger partial charge on any atom is 0.231 e. The van der Waals surface area contributed by atoms with Crippen LogP contribution in [0.25, 0.3) is 0 Å². The third kappa shape index (κ3) is 4.37. The van der Waals surface area contributed by atoms with Crippen LogP contribution in [0.5, 0.6) is 11.5 Å². The summed E-state index contributed by atoms with van der Waals surface area (Å²) >= 11 is 0. The summed E-state index contributed by atoms with van der Waals surface area (Å²) in [5.74, 6) is 0.450. The summed E-state index contributed by atoms with van der Waals surface area (Å²) in [4.78, 5) is 23.0. The number of carbonyl (C=O) groups excluding carboxylic acids is 1. The molecule has 0 radical (unpaired) electrons. The van der Waals surface area contributed by atoms with Crippen LogP contribution in [0.4, 0.5) is 0 Å². The first-order valence-electron chi connectivity index (χ1n) is 8.19. The highest BCUT2D eigenvalue weighted by atomic mass is 16.6. The van der Waals surface area contributed by atoms with Gasteiger partial charge in [-0.15, -0.1) is 0 Å². The lowest BCUT2D eigenvalue weighted by Gasteiger charge is -2.16. The van der Waals surface area contributed by atoms with Crippen LogP contribution >= 0.6 is 0 Å². The average molecular weight is 344 g/mol. The molecule has 0 bridgehead atoms. The highest BCUT2D eigenvalue weighted by molar-refractivity contribution is 5.79. The molecule has 25 heavy (non-hydrogen) atoms. The van der Waals surface area contributed by atoms with E-state index >= 15 is 0 Å². The number of hydrogen-bond donors (Lipinski definition) is 0. The Labute approximate surface area is 145 Å². The Hall–Kier alpha value is -2.83. The molecule has 3 rings (SSSR count). The molecular formula is C18H20N2O5. The molecule has 1 heterocycles. The molecule has 0 saturated heterocycles. The van der Waals surface area contributed by atoms with Crippen LogP contribution in [0.15, 0.2) is 42.7 Å². The van der Waals surface area contributed by atoms with Crippen LogP contribution in [0.1, 0.15) is 35.5 Å². The SMILES string of the molecule is COc1ccc([C@H](CC(=O)n2cccc2)C[N+](=O)[O-])cc1OC1CC1. The Kier molecular flexibility index (Phi) is 5.02. The molecule has 1 aliphatic rings. The minimum absolute atomic E-state index is 0.0465. The van der Waals surface area contributed by atoms with Gasteiger partial charge in [-0.05, 0) is 42.7 Å². The van der Waals surface area contributed by atoms with Crippen LogP contribution in [-0.2, 0) is 0 Å². The normalized spacial score (nSPS) is 14.8. The van der Waals surface area contributed by atoms with Crippen LogP contribution in [0, 0.1) is 10.1 Å². The zero-order valence-electron chi connectivity index (χ0n) is 14.0. The summed E-state index contributed by atoms with van der Waals surface area (Å²) in [6.45, 7) is -0.317. The van der Waals surface area contributed by atoms with Crippen molar-refractivity contribution in [2.75, 3.05) is 13.7 Å². The largest absolute Gasteiger partial charge is 0.493 e. The fourth-order valence-electron chi connectivity index (χ4n) is 2.69. The van der Waals surface area contributed by atoms with E-state index in [4.69, 9.17) is 9.47 Å². The highest BCUT2D eigenvalue weighted by Gasteiger charge is 2.27. The molecular weight excluding hydrogens is 324 g/mol. The predicted octanol–water partition coefficient (Wildman–Crippen LogP) is 3.13. The van der Waals surface area contributed by atoms with Crippen molar-refractivity contribution in [1.29, 1.82) is 0 Å². The summed E-state index contributed by atoms with van der Waals surface area (Å²) < 4.78 is 12.6. The second-order valence-electron chi connectivity index (χ2n) is 6.13. The van der Waals surface area contributed by atoms with Gasteiger partial charge in [-0.25, -0.2) is 0 Å². The Bertz CT molecular complexity index is 753. The molecule has 7 nitrogen and oxygen atoms in total. The van der Waals surface area contributed by atoms with Crippen molar-refractivity contribution in [3.05, 3.63) is 58.4 Å². The van der Waals surface area contributed by atoms with Gasteiger partial charge >= 0.3 is 0 Å². The van der Waals surface area contributed by atoms with E-state index < -0.39 is 5.92 Å². The third-order valence-electron chi connectivity index (χ3n) is 4.16. The van der Waals surface area contributed by atoms with Gasteiger partial charge in [0.2, 0.25) is 12.5 Å². The second kappa shape index (κ2) is 7.38. The lowest BCUT2D eigenvalue weighted by molar-refractivity contribution is -0.483. The molecule has 0 unspecified atom stereocenters. The maximum absolute atomic E-state index is 12.4. The lowest BCUT2D eigenvalue weighted by atomic mass is 9.95. The molecule has 0 aliphatic heterocycles. The van der Waals surface area contributed by atoms with E-state index in [-0.39, 0.29) is 29.9 Å². The highest BCUT2D eigenvalue weighted by Crippen LogP contribution is 2.36. The Morgan fingerprint density at radius 1 is 1.32 bits per heavy atom. The number of carbonyl (C=O) groups is 1. The van der Waals surface area contributed by atoms with E-state index in [0.717, 1.165) is 12.8 Å². The zero-order valence-corrected chi connectivity index (χ0v) is 14.0. The van der Waals surface area contributed by atoms with Crippen LogP contribution in [-0.4, -0.2) is 35.2 Å². The first kappa shape index (κ1) is 17.0. The molecule has 1 aliphatic carbocycles. The van der Waals surface area contributed by atoms with E-state index in [1.807, 2.05) is 0 Å². The van der Waals surface area contributed by atoms with Gasteiger partial charge in [0.15, 0.2) is 11.5 Å². The number of ether oxygens (including phenoxy) is 2. The minimum Gasteiger partial charge on any atom is -0.493 e. The van der Waals surface area contributed by atoms with Crippen molar-refractivity contribution in [1.82, 2.24) is 4.57 Å². The fourth-order valence-corrected chi connectivity index (χ4v) is 2.69. The number of methoxy groups -OCH3 is 1. The average Bonchev–Trinajstić information content (AvgIpc) is 3.23. The standard InChI is InChI=1S/C18H20N2O5/c1-24-16-7-4-13(10-17(16)25-15-5-6-15)14(12-20(22)23)11-18(21)19-8-2-3-9-19/h2-4,7-10,14-15H,5-6,11-12H2,1H3/t14-/m1/s1. The van der Waals surface area contributed by atoms with E-state index in [9.17, 15) is 14.9 Å². The number of hydrogen-bond acceptors (Lipinski definition) is 5. The quantitative estimate of drug-likeness (QED) is 0.543. The monoisotopic (exact) mass is 344 g/mol. The van der Waals surface area contributed by atoms with Crippen molar-refractivity contribution in [2.45, 2.75) is 31.3 Å². The van der Waals surface area contributed by atoms with E-state index in [0.29, 0.717) is 17.1 Å². The summed E-state index contributed by atoms with van der Waals surface area (Å²) in [6, 6.07) is 8.74. The van der Waals surface area contributed by atoms with Crippen LogP contribution in [0.3, 0.4) is 0 Å². The molecule has 0 spiro atoms. The number of aromatic nitrogens is 1. The van der Waals surface area contributed by atoms with Gasteiger partial charge in [0.05, 0.1) is 19.1 Å². The van der Waals surface area contributed by atoms with Crippen LogP contribution in [0.2, 0.25) is 0 Å². The Morgan fingerprint density at radius 2 is 2.04 bits per heavy atom. The van der Waals surface area contributed by atoms with Crippen molar-refractivity contribution in [2.24, 2.45) is 0 Å². The number of rotatable bonds is 8. The smallest absolute Gasteiger partial charge is 0.231 e. The summed E-state index contributed by atoms with van der Waals surface area (Å²) in [7, 11) is 1.55. The molecule has 7 heteroatoms. The maximum atomic E-state index is 12.4. The van der Waals surface area contributed by atoms with Crippen molar-refractivity contribution < 1.29 is 19.2 Å². The van der Waals surface area contributed by atoms with Crippen molar-refractivity contribution in [3.63, 3.8) is 0 Å². The Morgan fingerprint density at radius 3 is 2.64 bits per heavy atom. The van der Waals surface area contributed by atoms with Crippen LogP contribution < -0.4 is 9.47 Å². The van der Waals surface area contributed by atoms with Gasteiger partial charge in [-0.3, -0.25) is 19.5 Å². The molecule has 1 saturated carbocycles. The van der Waals surface area contributed by atoms with Gasteiger partial charge in [0, 0.05) is 23.7 Å². The number of nitro groups is 1. The zero-order chi connectivity index (χ0) is 17.8. The second-order valence-corrected chi connectivity index (χ2v) is 6.13. The first-order valence-corrected chi connectivity index (χ1v) is 8.19. The molecule has 0 amide bonds. The van der Waals surface area contributed by atoms with E-state index in [2.05, 4.69) is 0 Å². The topological polar surface area (TPSA) is 83.6 Å². The number of benzene rings is 1. The van der Waals surface area contributed by atoms with Crippen molar-refractivity contribution in [3.8, 4) is 11.5 Å². The molecule has 1 aromatic heterocycles. The fraction of sp³-hybridized carbons (Fsp3) is 0.389. The molecule has 132 valence electrons. The third-order valence-corrected chi connectivity index (χ3v) is 4.16. The molecule has 1 fully saturated rings. The van der Waals surface area contributed by atoms with Gasteiger partial charge in [0.1, 0.15) is 0 Å². The molecule has 0 N–H and O–H groups in total. The van der Waals surface area contributed by atoms with Gasteiger partial charge in [-0.2, -0.15) is 0 Å². The predicted molar refractivity (Wildman–Crippen MR) is 90.9 cm³/mol. The first-order chi connectivity index (χ1) is 12.1. The van der Waals surface area contributed by atoms with Gasteiger partial charge < -0.3 is 9.47 Å². The van der Waals surface area contributed by atoms with Gasteiger partial charge in [0.25, 0.3) is 0 Å². The van der Waals surface area contributed by atoms with Gasteiger partial charge in [-0.1, -0.05) is 6.07 Å². The lowest BCUT2D eigenvalue weighted by Crippen LogP contribution is -2.19. The Balaban J connectivity index is 1.84. The molecule has 1 atom stereocenters. The summed E-state index contributed by atoms with van der Waals surface area (Å²) in [6.07, 6.45) is 5.50. The number of nitrogens with zero attached hydrogens (tertiary/aromatic N) is 2. The molecule has 2 aromatic rings. The van der Waals surface area contributed by atoms with E-state index in [1.54, 1.807) is 49.8 Å². The minimum atomic E-state index is -0.530. The molecule has 1 aromatic carbocycles. The van der Waals surface area contributed by atoms with Crippen molar-refractivity contribution >= 4 is 5.91 Å². The summed E-state index contributed by atoms with van der Waals surface area (Å²) in [5, 5.41) is 11.1.